The van der Waals surface area contributed by atoms with Crippen LogP contribution in [0.25, 0.3) is 0 Å². The third-order valence-electron chi connectivity index (χ3n) is 3.94. The molecule has 0 saturated heterocycles. The SMILES string of the molecule is CCN(CC)CCCN1CNc2ccc(Cl)cc2C1=O.O=C(O)C(=O)O. The Labute approximate surface area is 157 Å². The van der Waals surface area contributed by atoms with Gasteiger partial charge < -0.3 is 25.3 Å². The average molecular weight is 386 g/mol. The Bertz CT molecular complexity index is 637. The van der Waals surface area contributed by atoms with Gasteiger partial charge in [0.2, 0.25) is 0 Å². The van der Waals surface area contributed by atoms with Gasteiger partial charge in [-0.2, -0.15) is 0 Å². The molecule has 0 aromatic heterocycles. The summed E-state index contributed by atoms with van der Waals surface area (Å²) in [5.74, 6) is -3.58. The monoisotopic (exact) mass is 385 g/mol. The van der Waals surface area contributed by atoms with Crippen molar-refractivity contribution in [3.8, 4) is 0 Å². The van der Waals surface area contributed by atoms with Gasteiger partial charge in [0.1, 0.15) is 0 Å². The quantitative estimate of drug-likeness (QED) is 0.643. The van der Waals surface area contributed by atoms with Crippen LogP contribution in [0, 0.1) is 0 Å². The minimum Gasteiger partial charge on any atom is -0.473 e. The number of aliphatic carboxylic acids is 2. The summed E-state index contributed by atoms with van der Waals surface area (Å²) in [5, 5.41) is 18.7. The molecule has 0 atom stereocenters. The zero-order valence-electron chi connectivity index (χ0n) is 14.9. The number of carboxylic acids is 2. The van der Waals surface area contributed by atoms with E-state index in [1.54, 1.807) is 12.1 Å². The molecule has 0 unspecified atom stereocenters. The second-order valence-electron chi connectivity index (χ2n) is 5.58. The van der Waals surface area contributed by atoms with E-state index in [-0.39, 0.29) is 5.91 Å². The minimum atomic E-state index is -1.82. The highest BCUT2D eigenvalue weighted by molar-refractivity contribution is 6.31. The molecule has 3 N–H and O–H groups in total. The van der Waals surface area contributed by atoms with Crippen LogP contribution in [-0.2, 0) is 9.59 Å². The summed E-state index contributed by atoms with van der Waals surface area (Å²) in [7, 11) is 0. The second kappa shape index (κ2) is 10.6. The number of carbonyl (C=O) groups excluding carboxylic acids is 1. The lowest BCUT2D eigenvalue weighted by molar-refractivity contribution is -0.159. The number of rotatable bonds is 6. The molecular formula is C17H24ClN3O5. The van der Waals surface area contributed by atoms with E-state index in [0.717, 1.165) is 38.3 Å². The van der Waals surface area contributed by atoms with Gasteiger partial charge in [0.15, 0.2) is 0 Å². The number of hydrogen-bond acceptors (Lipinski definition) is 5. The normalized spacial score (nSPS) is 12.8. The van der Waals surface area contributed by atoms with Crippen LogP contribution in [0.4, 0.5) is 5.69 Å². The first-order valence-electron chi connectivity index (χ1n) is 8.31. The number of carboxylic acid groups (broad SMARTS) is 2. The first-order valence-corrected chi connectivity index (χ1v) is 8.69. The van der Waals surface area contributed by atoms with Crippen molar-refractivity contribution in [3.05, 3.63) is 28.8 Å². The van der Waals surface area contributed by atoms with Gasteiger partial charge in [-0.05, 0) is 44.3 Å². The minimum absolute atomic E-state index is 0.0702. The highest BCUT2D eigenvalue weighted by Crippen LogP contribution is 2.25. The van der Waals surface area contributed by atoms with Gasteiger partial charge >= 0.3 is 11.9 Å². The molecule has 0 fully saturated rings. The van der Waals surface area contributed by atoms with Crippen molar-refractivity contribution in [2.24, 2.45) is 0 Å². The van der Waals surface area contributed by atoms with Crippen LogP contribution in [0.1, 0.15) is 30.6 Å². The lowest BCUT2D eigenvalue weighted by Crippen LogP contribution is -2.41. The Morgan fingerprint density at radius 2 is 1.85 bits per heavy atom. The molecule has 26 heavy (non-hydrogen) atoms. The number of anilines is 1. The predicted octanol–water partition coefficient (Wildman–Crippen LogP) is 2.05. The molecule has 0 saturated carbocycles. The van der Waals surface area contributed by atoms with Gasteiger partial charge in [0.05, 0.1) is 12.2 Å². The van der Waals surface area contributed by atoms with Gasteiger partial charge in [-0.15, -0.1) is 0 Å². The summed E-state index contributed by atoms with van der Waals surface area (Å²) < 4.78 is 0. The van der Waals surface area contributed by atoms with Gasteiger partial charge in [-0.25, -0.2) is 9.59 Å². The fraction of sp³-hybridized carbons (Fsp3) is 0.471. The van der Waals surface area contributed by atoms with Crippen LogP contribution in [-0.4, -0.2) is 70.7 Å². The van der Waals surface area contributed by atoms with Crippen LogP contribution >= 0.6 is 11.6 Å². The van der Waals surface area contributed by atoms with Crippen molar-refractivity contribution in [3.63, 3.8) is 0 Å². The number of fused-ring (bicyclic) bond motifs is 1. The third-order valence-corrected chi connectivity index (χ3v) is 4.17. The maximum Gasteiger partial charge on any atom is 0.414 e. The van der Waals surface area contributed by atoms with E-state index >= 15 is 0 Å². The van der Waals surface area contributed by atoms with Gasteiger partial charge in [-0.3, -0.25) is 4.79 Å². The number of amides is 1. The number of halogens is 1. The van der Waals surface area contributed by atoms with Crippen molar-refractivity contribution >= 4 is 35.1 Å². The van der Waals surface area contributed by atoms with Crippen LogP contribution in [0.5, 0.6) is 0 Å². The molecule has 1 heterocycles. The maximum absolute atomic E-state index is 12.4. The molecular weight excluding hydrogens is 362 g/mol. The average Bonchev–Trinajstić information content (AvgIpc) is 2.61. The van der Waals surface area contributed by atoms with Gasteiger partial charge in [0.25, 0.3) is 5.91 Å². The first-order chi connectivity index (χ1) is 12.3. The molecule has 1 aromatic carbocycles. The smallest absolute Gasteiger partial charge is 0.414 e. The van der Waals surface area contributed by atoms with Crippen molar-refractivity contribution in [1.29, 1.82) is 0 Å². The highest BCUT2D eigenvalue weighted by atomic mass is 35.5. The molecule has 0 spiro atoms. The summed E-state index contributed by atoms with van der Waals surface area (Å²) in [4.78, 5) is 34.8. The number of nitrogens with one attached hydrogen (secondary N) is 1. The zero-order valence-corrected chi connectivity index (χ0v) is 15.6. The number of hydrogen-bond donors (Lipinski definition) is 3. The van der Waals surface area contributed by atoms with Crippen molar-refractivity contribution < 1.29 is 24.6 Å². The summed E-state index contributed by atoms with van der Waals surface area (Å²) in [6, 6.07) is 5.41. The zero-order chi connectivity index (χ0) is 19.7. The molecule has 2 rings (SSSR count). The Morgan fingerprint density at radius 1 is 1.23 bits per heavy atom. The molecule has 1 aliphatic heterocycles. The number of nitrogens with zero attached hydrogens (tertiary/aromatic N) is 2. The first kappa shape index (κ1) is 21.7. The standard InChI is InChI=1S/C15H22ClN3O.C2H2O4/c1-3-18(4-2)8-5-9-19-11-17-14-7-6-12(16)10-13(14)15(19)20;3-1(4)2(5)6/h6-7,10,17H,3-5,8-9,11H2,1-2H3;(H,3,4)(H,5,6). The number of benzene rings is 1. The lowest BCUT2D eigenvalue weighted by Gasteiger charge is -2.30. The van der Waals surface area contributed by atoms with E-state index in [4.69, 9.17) is 31.4 Å². The van der Waals surface area contributed by atoms with Crippen LogP contribution in [0.2, 0.25) is 5.02 Å². The molecule has 144 valence electrons. The Hall–Kier alpha value is -2.32. The lowest BCUT2D eigenvalue weighted by atomic mass is 10.1. The molecule has 0 aliphatic carbocycles. The Morgan fingerprint density at radius 3 is 2.38 bits per heavy atom. The molecule has 8 nitrogen and oxygen atoms in total. The fourth-order valence-electron chi connectivity index (χ4n) is 2.48. The van der Waals surface area contributed by atoms with Gasteiger partial charge in [-0.1, -0.05) is 25.4 Å². The molecule has 9 heteroatoms. The van der Waals surface area contributed by atoms with E-state index in [0.29, 0.717) is 17.3 Å². The highest BCUT2D eigenvalue weighted by Gasteiger charge is 2.23. The maximum atomic E-state index is 12.4. The fourth-order valence-corrected chi connectivity index (χ4v) is 2.65. The largest absolute Gasteiger partial charge is 0.473 e. The molecule has 1 amide bonds. The van der Waals surface area contributed by atoms with E-state index in [9.17, 15) is 4.79 Å². The van der Waals surface area contributed by atoms with E-state index < -0.39 is 11.9 Å². The van der Waals surface area contributed by atoms with Crippen LogP contribution in [0.3, 0.4) is 0 Å². The molecule has 1 aliphatic rings. The summed E-state index contributed by atoms with van der Waals surface area (Å²) in [5.41, 5.74) is 1.55. The van der Waals surface area contributed by atoms with Crippen molar-refractivity contribution in [2.45, 2.75) is 20.3 Å². The van der Waals surface area contributed by atoms with Crippen LogP contribution < -0.4 is 5.32 Å². The molecule has 1 aromatic rings. The molecule has 0 radical (unpaired) electrons. The summed E-state index contributed by atoms with van der Waals surface area (Å²) in [6.45, 7) is 8.81. The van der Waals surface area contributed by atoms with E-state index in [1.807, 2.05) is 11.0 Å². The summed E-state index contributed by atoms with van der Waals surface area (Å²) in [6.07, 6.45) is 0.991. The Balaban J connectivity index is 0.000000487. The summed E-state index contributed by atoms with van der Waals surface area (Å²) >= 11 is 5.97. The van der Waals surface area contributed by atoms with Crippen molar-refractivity contribution in [1.82, 2.24) is 9.80 Å². The third kappa shape index (κ3) is 6.53. The number of carbonyl (C=O) groups is 3. The predicted molar refractivity (Wildman–Crippen MR) is 98.7 cm³/mol. The van der Waals surface area contributed by atoms with Gasteiger partial charge in [0, 0.05) is 17.3 Å². The van der Waals surface area contributed by atoms with Crippen LogP contribution in [0.15, 0.2) is 18.2 Å². The second-order valence-corrected chi connectivity index (χ2v) is 6.02. The topological polar surface area (TPSA) is 110 Å². The van der Waals surface area contributed by atoms with E-state index in [2.05, 4.69) is 24.1 Å². The molecule has 0 bridgehead atoms. The van der Waals surface area contributed by atoms with Crippen molar-refractivity contribution in [2.75, 3.05) is 38.2 Å². The van der Waals surface area contributed by atoms with E-state index in [1.165, 1.54) is 0 Å². The Kier molecular flexibility index (Phi) is 8.87.